The Kier molecular flexibility index (Phi) is 13.8. The lowest BCUT2D eigenvalue weighted by molar-refractivity contribution is -0.148. The van der Waals surface area contributed by atoms with Gasteiger partial charge in [0.2, 0.25) is 5.91 Å². The molecule has 2 rings (SSSR count). The highest BCUT2D eigenvalue weighted by Gasteiger charge is 2.33. The lowest BCUT2D eigenvalue weighted by Gasteiger charge is -2.34. The number of carbonyl (C=O) groups is 4. The summed E-state index contributed by atoms with van der Waals surface area (Å²) in [5.74, 6) is -2.15. The summed E-state index contributed by atoms with van der Waals surface area (Å²) in [6.45, 7) is 15.0. The van der Waals surface area contributed by atoms with Crippen LogP contribution in [0.3, 0.4) is 0 Å². The van der Waals surface area contributed by atoms with Gasteiger partial charge >= 0.3 is 11.9 Å². The third-order valence-corrected chi connectivity index (χ3v) is 8.86. The van der Waals surface area contributed by atoms with Gasteiger partial charge in [-0.1, -0.05) is 78.8 Å². The Balaban J connectivity index is 2.43. The number of hydrogen-bond donors (Lipinski definition) is 2. The number of ether oxygens (including phenoxy) is 1. The zero-order chi connectivity index (χ0) is 32.4. The fourth-order valence-corrected chi connectivity index (χ4v) is 6.20. The van der Waals surface area contributed by atoms with Crippen molar-refractivity contribution in [3.05, 3.63) is 51.5 Å². The molecule has 9 nitrogen and oxygen atoms in total. The van der Waals surface area contributed by atoms with Crippen molar-refractivity contribution in [3.63, 3.8) is 0 Å². The molecule has 1 unspecified atom stereocenters. The maximum Gasteiger partial charge on any atom is 0.306 e. The molecule has 238 valence electrons. The summed E-state index contributed by atoms with van der Waals surface area (Å²) >= 11 is 1.33. The van der Waals surface area contributed by atoms with Crippen LogP contribution in [0, 0.1) is 17.8 Å². The molecule has 2 amide bonds. The Hall–Kier alpha value is -3.27. The molecular weight excluding hydrogens is 566 g/mol. The van der Waals surface area contributed by atoms with E-state index in [-0.39, 0.29) is 41.8 Å². The van der Waals surface area contributed by atoms with Gasteiger partial charge in [0.15, 0.2) is 6.10 Å². The lowest BCUT2D eigenvalue weighted by Crippen LogP contribution is -2.42. The van der Waals surface area contributed by atoms with E-state index in [9.17, 15) is 24.3 Å². The minimum absolute atomic E-state index is 0.0254. The maximum absolute atomic E-state index is 13.7. The fraction of sp³-hybridized carbons (Fsp3) is 0.606. The van der Waals surface area contributed by atoms with Crippen LogP contribution >= 0.6 is 11.3 Å². The van der Waals surface area contributed by atoms with Crippen molar-refractivity contribution in [2.45, 2.75) is 105 Å². The molecule has 1 heterocycles. The second kappa shape index (κ2) is 16.5. The number of hydrogen-bond acceptors (Lipinski definition) is 7. The molecule has 10 heteroatoms. The number of amides is 2. The van der Waals surface area contributed by atoms with Gasteiger partial charge in [0.25, 0.3) is 5.91 Å². The van der Waals surface area contributed by atoms with E-state index in [2.05, 4.69) is 5.32 Å². The van der Waals surface area contributed by atoms with Crippen molar-refractivity contribution >= 4 is 35.1 Å². The molecule has 1 aromatic carbocycles. The minimum Gasteiger partial charge on any atom is -0.481 e. The molecule has 43 heavy (non-hydrogen) atoms. The molecule has 2 aromatic rings. The molecule has 0 radical (unpaired) electrons. The standard InChI is InChI=1S/C33H49N3O6S/c1-19(2)15-28(38)36(9)26(20(3)4)18-27(42-23(8)37)32-35-29(30(43-32)21(5)6)31(39)34-25(16-22(7)33(40)41)17-24-13-11-10-12-14-24/h10-14,19-22,25-27H,15-18H2,1-9H3,(H,34,39)(H,40,41)/t22-,25+,26?,27+/m0/s1. The average Bonchev–Trinajstić information content (AvgIpc) is 3.36. The molecule has 0 saturated heterocycles. The SMILES string of the molecule is CC(=O)O[C@H](CC(C(C)C)N(C)C(=O)CC(C)C)c1nc(C(=O)N[C@@H](Cc2ccccc2)C[C@H](C)C(=O)O)c(C(C)C)s1. The van der Waals surface area contributed by atoms with Gasteiger partial charge in [-0.05, 0) is 36.2 Å². The van der Waals surface area contributed by atoms with Gasteiger partial charge in [-0.2, -0.15) is 0 Å². The van der Waals surface area contributed by atoms with E-state index in [0.29, 0.717) is 24.3 Å². The van der Waals surface area contributed by atoms with Crippen LogP contribution in [0.4, 0.5) is 0 Å². The van der Waals surface area contributed by atoms with E-state index in [4.69, 9.17) is 9.72 Å². The number of nitrogens with zero attached hydrogens (tertiary/aromatic N) is 2. The summed E-state index contributed by atoms with van der Waals surface area (Å²) < 4.78 is 5.77. The second-order valence-electron chi connectivity index (χ2n) is 12.5. The van der Waals surface area contributed by atoms with Gasteiger partial charge in [0.1, 0.15) is 10.7 Å². The highest BCUT2D eigenvalue weighted by atomic mass is 32.1. The summed E-state index contributed by atoms with van der Waals surface area (Å²) in [7, 11) is 1.78. The summed E-state index contributed by atoms with van der Waals surface area (Å²) in [6, 6.07) is 8.97. The van der Waals surface area contributed by atoms with Crippen LogP contribution in [0.15, 0.2) is 30.3 Å². The smallest absolute Gasteiger partial charge is 0.306 e. The van der Waals surface area contributed by atoms with Crippen molar-refractivity contribution in [1.29, 1.82) is 0 Å². The topological polar surface area (TPSA) is 126 Å². The van der Waals surface area contributed by atoms with Crippen LogP contribution in [0.5, 0.6) is 0 Å². The predicted octanol–water partition coefficient (Wildman–Crippen LogP) is 6.24. The highest BCUT2D eigenvalue weighted by Crippen LogP contribution is 2.35. The van der Waals surface area contributed by atoms with Crippen molar-refractivity contribution < 1.29 is 29.0 Å². The van der Waals surface area contributed by atoms with Crippen LogP contribution in [0.25, 0.3) is 0 Å². The molecule has 4 atom stereocenters. The quantitative estimate of drug-likeness (QED) is 0.214. The maximum atomic E-state index is 13.7. The summed E-state index contributed by atoms with van der Waals surface area (Å²) in [4.78, 5) is 57.8. The highest BCUT2D eigenvalue weighted by molar-refractivity contribution is 7.12. The molecule has 0 fully saturated rings. The molecule has 0 spiro atoms. The summed E-state index contributed by atoms with van der Waals surface area (Å²) in [6.07, 6.45) is 0.752. The lowest BCUT2D eigenvalue weighted by atomic mass is 9.95. The summed E-state index contributed by atoms with van der Waals surface area (Å²) in [5.41, 5.74) is 1.23. The van der Waals surface area contributed by atoms with Gasteiger partial charge in [0, 0.05) is 43.8 Å². The molecular formula is C33H49N3O6S. The number of carboxylic acid groups (broad SMARTS) is 1. The first-order chi connectivity index (χ1) is 20.1. The Bertz CT molecular complexity index is 1230. The molecule has 0 aliphatic rings. The van der Waals surface area contributed by atoms with E-state index in [0.717, 1.165) is 10.4 Å². The number of rotatable bonds is 16. The minimum atomic E-state index is -0.924. The van der Waals surface area contributed by atoms with Gasteiger partial charge in [0.05, 0.1) is 5.92 Å². The predicted molar refractivity (Wildman–Crippen MR) is 169 cm³/mol. The second-order valence-corrected chi connectivity index (χ2v) is 13.6. The third kappa shape index (κ3) is 11.1. The molecule has 0 saturated carbocycles. The van der Waals surface area contributed by atoms with Crippen molar-refractivity contribution in [3.8, 4) is 0 Å². The number of thiazole rings is 1. The molecule has 0 aliphatic carbocycles. The first-order valence-corrected chi connectivity index (χ1v) is 15.9. The Morgan fingerprint density at radius 3 is 2.14 bits per heavy atom. The van der Waals surface area contributed by atoms with Gasteiger partial charge in [-0.25, -0.2) is 4.98 Å². The summed E-state index contributed by atoms with van der Waals surface area (Å²) in [5, 5.41) is 13.1. The number of carbonyl (C=O) groups excluding carboxylic acids is 3. The van der Waals surface area contributed by atoms with Gasteiger partial charge < -0.3 is 20.1 Å². The van der Waals surface area contributed by atoms with Gasteiger partial charge in [-0.3, -0.25) is 19.2 Å². The van der Waals surface area contributed by atoms with Crippen LogP contribution in [0.2, 0.25) is 0 Å². The zero-order valence-electron chi connectivity index (χ0n) is 27.0. The number of carboxylic acids is 1. The van der Waals surface area contributed by atoms with Crippen LogP contribution in [-0.2, 0) is 25.5 Å². The molecule has 1 aromatic heterocycles. The zero-order valence-corrected chi connectivity index (χ0v) is 27.9. The Labute approximate surface area is 260 Å². The van der Waals surface area contributed by atoms with Crippen LogP contribution < -0.4 is 5.32 Å². The van der Waals surface area contributed by atoms with Crippen LogP contribution in [-0.4, -0.2) is 57.9 Å². The normalized spacial score (nSPS) is 14.3. The van der Waals surface area contributed by atoms with Gasteiger partial charge in [-0.15, -0.1) is 11.3 Å². The van der Waals surface area contributed by atoms with E-state index in [1.165, 1.54) is 18.3 Å². The number of aromatic nitrogens is 1. The van der Waals surface area contributed by atoms with E-state index < -0.39 is 35.9 Å². The largest absolute Gasteiger partial charge is 0.481 e. The third-order valence-electron chi connectivity index (χ3n) is 7.41. The number of nitrogens with one attached hydrogen (secondary N) is 1. The van der Waals surface area contributed by atoms with E-state index in [1.54, 1.807) is 18.9 Å². The van der Waals surface area contributed by atoms with Crippen molar-refractivity contribution in [2.75, 3.05) is 7.05 Å². The molecule has 0 aliphatic heterocycles. The molecule has 2 N–H and O–H groups in total. The molecule has 0 bridgehead atoms. The first kappa shape index (κ1) is 35.9. The van der Waals surface area contributed by atoms with Crippen molar-refractivity contribution in [1.82, 2.24) is 15.2 Å². The fourth-order valence-electron chi connectivity index (χ4n) is 5.09. The Morgan fingerprint density at radius 1 is 1.00 bits per heavy atom. The average molecular weight is 616 g/mol. The van der Waals surface area contributed by atoms with E-state index in [1.807, 2.05) is 71.9 Å². The monoisotopic (exact) mass is 615 g/mol. The first-order valence-electron chi connectivity index (χ1n) is 15.1. The number of esters is 1. The van der Waals surface area contributed by atoms with E-state index >= 15 is 0 Å². The number of aliphatic carboxylic acids is 1. The number of benzene rings is 1. The van der Waals surface area contributed by atoms with Crippen LogP contribution in [0.1, 0.15) is 113 Å². The Morgan fingerprint density at radius 2 is 1.63 bits per heavy atom. The van der Waals surface area contributed by atoms with Crippen molar-refractivity contribution in [2.24, 2.45) is 17.8 Å².